The van der Waals surface area contributed by atoms with Crippen LogP contribution in [0.2, 0.25) is 0 Å². The minimum Gasteiger partial charge on any atom is -0.399 e. The van der Waals surface area contributed by atoms with Gasteiger partial charge in [-0.25, -0.2) is 4.39 Å². The van der Waals surface area contributed by atoms with Gasteiger partial charge in [0, 0.05) is 11.1 Å². The van der Waals surface area contributed by atoms with Crippen LogP contribution in [0.15, 0.2) is 41.1 Å². The monoisotopic (exact) mass is 219 g/mol. The molecular formula is C13H14FNO. The number of hydrogen-bond donors (Lipinski definition) is 0. The summed E-state index contributed by atoms with van der Waals surface area (Å²) in [6.07, 6.45) is 2.48. The second kappa shape index (κ2) is 4.92. The first kappa shape index (κ1) is 10.9. The SMILES string of the molecule is CO/N=C1\CCC\C1=C(\F)c1ccccc1. The third-order valence-corrected chi connectivity index (χ3v) is 2.68. The lowest BCUT2D eigenvalue weighted by Gasteiger charge is -2.03. The van der Waals surface area contributed by atoms with Crippen LogP contribution in [0.4, 0.5) is 4.39 Å². The lowest BCUT2D eigenvalue weighted by molar-refractivity contribution is 0.213. The molecule has 84 valence electrons. The number of oxime groups is 1. The van der Waals surface area contributed by atoms with E-state index < -0.39 is 0 Å². The minimum absolute atomic E-state index is 0.172. The van der Waals surface area contributed by atoms with E-state index in [9.17, 15) is 4.39 Å². The minimum atomic E-state index is -0.172. The van der Waals surface area contributed by atoms with Gasteiger partial charge in [-0.05, 0) is 19.3 Å². The van der Waals surface area contributed by atoms with Gasteiger partial charge >= 0.3 is 0 Å². The zero-order chi connectivity index (χ0) is 11.4. The molecule has 0 radical (unpaired) electrons. The third kappa shape index (κ3) is 2.13. The molecule has 1 aliphatic carbocycles. The van der Waals surface area contributed by atoms with Crippen molar-refractivity contribution in [3.63, 3.8) is 0 Å². The maximum atomic E-state index is 14.2. The van der Waals surface area contributed by atoms with E-state index in [1.165, 1.54) is 7.11 Å². The lowest BCUT2D eigenvalue weighted by atomic mass is 10.1. The molecule has 0 atom stereocenters. The molecule has 1 saturated carbocycles. The molecule has 0 spiro atoms. The Morgan fingerprint density at radius 2 is 2.00 bits per heavy atom. The summed E-state index contributed by atoms with van der Waals surface area (Å²) in [6, 6.07) is 9.07. The number of rotatable bonds is 2. The quantitative estimate of drug-likeness (QED) is 0.697. The highest BCUT2D eigenvalue weighted by atomic mass is 19.1. The Morgan fingerprint density at radius 1 is 1.25 bits per heavy atom. The van der Waals surface area contributed by atoms with E-state index in [1.54, 1.807) is 12.1 Å². The van der Waals surface area contributed by atoms with E-state index in [4.69, 9.17) is 4.84 Å². The fourth-order valence-corrected chi connectivity index (χ4v) is 1.93. The maximum Gasteiger partial charge on any atom is 0.135 e. The summed E-state index contributed by atoms with van der Waals surface area (Å²) in [4.78, 5) is 4.73. The maximum absolute atomic E-state index is 14.2. The van der Waals surface area contributed by atoms with Crippen molar-refractivity contribution in [2.24, 2.45) is 5.16 Å². The summed E-state index contributed by atoms with van der Waals surface area (Å²) in [5.74, 6) is -0.172. The van der Waals surface area contributed by atoms with Crippen molar-refractivity contribution in [1.29, 1.82) is 0 Å². The number of hydrogen-bond acceptors (Lipinski definition) is 2. The Bertz CT molecular complexity index is 423. The molecule has 16 heavy (non-hydrogen) atoms. The van der Waals surface area contributed by atoms with Gasteiger partial charge in [0.1, 0.15) is 12.9 Å². The van der Waals surface area contributed by atoms with Gasteiger partial charge in [0.2, 0.25) is 0 Å². The number of halogens is 1. The standard InChI is InChI=1S/C13H14FNO/c1-16-15-12-9-5-8-11(12)13(14)10-6-3-2-4-7-10/h2-4,6-7H,5,8-9H2,1H3/b13-11-,15-12+. The predicted molar refractivity (Wildman–Crippen MR) is 62.8 cm³/mol. The highest BCUT2D eigenvalue weighted by Gasteiger charge is 2.21. The molecule has 2 nitrogen and oxygen atoms in total. The second-order valence-electron chi connectivity index (χ2n) is 3.73. The Balaban J connectivity index is 2.37. The Hall–Kier alpha value is -1.64. The molecule has 0 heterocycles. The van der Waals surface area contributed by atoms with E-state index in [0.29, 0.717) is 11.1 Å². The topological polar surface area (TPSA) is 21.6 Å². The number of allylic oxidation sites excluding steroid dienone is 1. The van der Waals surface area contributed by atoms with Crippen LogP contribution in [-0.4, -0.2) is 12.8 Å². The van der Waals surface area contributed by atoms with Crippen LogP contribution in [0.25, 0.3) is 5.83 Å². The van der Waals surface area contributed by atoms with Crippen molar-refractivity contribution < 1.29 is 9.23 Å². The van der Waals surface area contributed by atoms with Gasteiger partial charge in [-0.15, -0.1) is 0 Å². The highest BCUT2D eigenvalue weighted by Crippen LogP contribution is 2.30. The summed E-state index contributed by atoms with van der Waals surface area (Å²) >= 11 is 0. The predicted octanol–water partition coefficient (Wildman–Crippen LogP) is 3.55. The summed E-state index contributed by atoms with van der Waals surface area (Å²) in [7, 11) is 1.49. The van der Waals surface area contributed by atoms with Crippen LogP contribution in [0.5, 0.6) is 0 Å². The Labute approximate surface area is 94.4 Å². The molecule has 0 aliphatic heterocycles. The Kier molecular flexibility index (Phi) is 3.34. The van der Waals surface area contributed by atoms with Gasteiger partial charge < -0.3 is 4.84 Å². The Morgan fingerprint density at radius 3 is 2.69 bits per heavy atom. The van der Waals surface area contributed by atoms with Crippen molar-refractivity contribution in [3.8, 4) is 0 Å². The summed E-state index contributed by atoms with van der Waals surface area (Å²) in [5.41, 5.74) is 2.04. The van der Waals surface area contributed by atoms with Crippen molar-refractivity contribution in [2.45, 2.75) is 19.3 Å². The lowest BCUT2D eigenvalue weighted by Crippen LogP contribution is -1.97. The van der Waals surface area contributed by atoms with Crippen LogP contribution >= 0.6 is 0 Å². The second-order valence-corrected chi connectivity index (χ2v) is 3.73. The molecule has 0 N–H and O–H groups in total. The zero-order valence-corrected chi connectivity index (χ0v) is 9.24. The smallest absolute Gasteiger partial charge is 0.135 e. The summed E-state index contributed by atoms with van der Waals surface area (Å²) in [5, 5.41) is 3.87. The van der Waals surface area contributed by atoms with Gasteiger partial charge in [-0.3, -0.25) is 0 Å². The molecular weight excluding hydrogens is 205 g/mol. The van der Waals surface area contributed by atoms with Crippen LogP contribution < -0.4 is 0 Å². The largest absolute Gasteiger partial charge is 0.399 e. The van der Waals surface area contributed by atoms with Crippen molar-refractivity contribution in [3.05, 3.63) is 41.5 Å². The average Bonchev–Trinajstić information content (AvgIpc) is 2.78. The molecule has 0 saturated heterocycles. The number of nitrogens with zero attached hydrogens (tertiary/aromatic N) is 1. The van der Waals surface area contributed by atoms with E-state index >= 15 is 0 Å². The number of benzene rings is 1. The summed E-state index contributed by atoms with van der Waals surface area (Å²) < 4.78 is 14.2. The van der Waals surface area contributed by atoms with Gasteiger partial charge in [-0.2, -0.15) is 0 Å². The van der Waals surface area contributed by atoms with E-state index in [-0.39, 0.29) is 5.83 Å². The molecule has 1 aliphatic rings. The molecule has 0 bridgehead atoms. The first-order valence-electron chi connectivity index (χ1n) is 5.37. The molecule has 1 aromatic rings. The van der Waals surface area contributed by atoms with Crippen molar-refractivity contribution >= 4 is 11.5 Å². The molecule has 0 aromatic heterocycles. The fourth-order valence-electron chi connectivity index (χ4n) is 1.93. The first-order chi connectivity index (χ1) is 7.83. The molecule has 2 rings (SSSR count). The first-order valence-corrected chi connectivity index (χ1v) is 5.37. The van der Waals surface area contributed by atoms with Crippen molar-refractivity contribution in [2.75, 3.05) is 7.11 Å². The normalized spacial score (nSPS) is 21.2. The molecule has 1 aromatic carbocycles. The summed E-state index contributed by atoms with van der Waals surface area (Å²) in [6.45, 7) is 0. The van der Waals surface area contributed by atoms with E-state index in [0.717, 1.165) is 25.0 Å². The van der Waals surface area contributed by atoms with Crippen LogP contribution in [0.3, 0.4) is 0 Å². The third-order valence-electron chi connectivity index (χ3n) is 2.68. The van der Waals surface area contributed by atoms with Gasteiger partial charge in [0.15, 0.2) is 0 Å². The van der Waals surface area contributed by atoms with E-state index in [2.05, 4.69) is 5.16 Å². The molecule has 3 heteroatoms. The van der Waals surface area contributed by atoms with Crippen LogP contribution in [-0.2, 0) is 4.84 Å². The zero-order valence-electron chi connectivity index (χ0n) is 9.24. The highest BCUT2D eigenvalue weighted by molar-refractivity contribution is 6.06. The van der Waals surface area contributed by atoms with Crippen LogP contribution in [0.1, 0.15) is 24.8 Å². The van der Waals surface area contributed by atoms with Crippen LogP contribution in [0, 0.1) is 0 Å². The van der Waals surface area contributed by atoms with Gasteiger partial charge in [0.25, 0.3) is 0 Å². The van der Waals surface area contributed by atoms with Gasteiger partial charge in [0.05, 0.1) is 5.71 Å². The molecule has 1 fully saturated rings. The molecule has 0 unspecified atom stereocenters. The molecule has 0 amide bonds. The fraction of sp³-hybridized carbons (Fsp3) is 0.308. The van der Waals surface area contributed by atoms with Crippen molar-refractivity contribution in [1.82, 2.24) is 0 Å². The average molecular weight is 219 g/mol. The van der Waals surface area contributed by atoms with E-state index in [1.807, 2.05) is 18.2 Å². The van der Waals surface area contributed by atoms with Gasteiger partial charge in [-0.1, -0.05) is 35.5 Å².